The number of rotatable bonds is 8. The minimum atomic E-state index is -1.32. The summed E-state index contributed by atoms with van der Waals surface area (Å²) in [7, 11) is 0. The summed E-state index contributed by atoms with van der Waals surface area (Å²) in [6.45, 7) is 1.57. The van der Waals surface area contributed by atoms with Crippen LogP contribution in [0.1, 0.15) is 12.5 Å². The number of aliphatic hydroxyl groups is 1. The Morgan fingerprint density at radius 1 is 1.07 bits per heavy atom. The second-order valence-electron chi connectivity index (χ2n) is 7.33. The molecule has 4 N–H and O–H groups in total. The largest absolute Gasteiger partial charge is 0.493 e. The van der Waals surface area contributed by atoms with E-state index in [9.17, 15) is 4.79 Å². The van der Waals surface area contributed by atoms with Crippen molar-refractivity contribution in [3.8, 4) is 16.9 Å². The first kappa shape index (κ1) is 21.8. The van der Waals surface area contributed by atoms with Gasteiger partial charge in [-0.3, -0.25) is 4.79 Å². The van der Waals surface area contributed by atoms with Gasteiger partial charge in [0.05, 0.1) is 13.2 Å². The van der Waals surface area contributed by atoms with Gasteiger partial charge in [0.1, 0.15) is 11.3 Å². The fourth-order valence-electron chi connectivity index (χ4n) is 2.81. The molecular weight excluding hydrogens is 400 g/mol. The van der Waals surface area contributed by atoms with Gasteiger partial charge in [0.25, 0.3) is 0 Å². The predicted octanol–water partition coefficient (Wildman–Crippen LogP) is 4.28. The SMILES string of the molecule is CC(N)(CO)C(=O)Nc1ccc(OCCc2ccc(-c3ccccc3Cl)cc2)cc1. The Hall–Kier alpha value is -2.86. The number of ether oxygens (including phenoxy) is 1. The van der Waals surface area contributed by atoms with E-state index < -0.39 is 18.1 Å². The number of halogens is 1. The molecule has 1 amide bonds. The zero-order valence-corrected chi connectivity index (χ0v) is 17.5. The van der Waals surface area contributed by atoms with Crippen LogP contribution in [0.5, 0.6) is 5.75 Å². The van der Waals surface area contributed by atoms with Crippen molar-refractivity contribution in [2.45, 2.75) is 18.9 Å². The molecule has 0 fully saturated rings. The molecule has 5 nitrogen and oxygen atoms in total. The van der Waals surface area contributed by atoms with Crippen molar-refractivity contribution in [2.75, 3.05) is 18.5 Å². The van der Waals surface area contributed by atoms with Crippen LogP contribution in [0.3, 0.4) is 0 Å². The minimum absolute atomic E-state index is 0.431. The smallest absolute Gasteiger partial charge is 0.246 e. The van der Waals surface area contributed by atoms with E-state index in [0.717, 1.165) is 22.6 Å². The molecule has 0 aromatic heterocycles. The molecule has 0 bridgehead atoms. The molecule has 6 heteroatoms. The van der Waals surface area contributed by atoms with Crippen LogP contribution in [0, 0.1) is 0 Å². The lowest BCUT2D eigenvalue weighted by atomic mass is 10.0. The molecule has 3 aromatic carbocycles. The lowest BCUT2D eigenvalue weighted by molar-refractivity contribution is -0.121. The van der Waals surface area contributed by atoms with E-state index in [1.807, 2.05) is 24.3 Å². The van der Waals surface area contributed by atoms with Crippen molar-refractivity contribution >= 4 is 23.2 Å². The first-order valence-corrected chi connectivity index (χ1v) is 10.0. The number of carbonyl (C=O) groups is 1. The molecule has 156 valence electrons. The van der Waals surface area contributed by atoms with E-state index in [-0.39, 0.29) is 0 Å². The van der Waals surface area contributed by atoms with Crippen LogP contribution in [0.15, 0.2) is 72.8 Å². The highest BCUT2D eigenvalue weighted by Crippen LogP contribution is 2.27. The number of carbonyl (C=O) groups excluding carboxylic acids is 1. The molecular formula is C24H25ClN2O3. The van der Waals surface area contributed by atoms with Crippen molar-refractivity contribution in [2.24, 2.45) is 5.73 Å². The van der Waals surface area contributed by atoms with Gasteiger partial charge in [0.15, 0.2) is 0 Å². The molecule has 1 atom stereocenters. The van der Waals surface area contributed by atoms with Gasteiger partial charge in [-0.25, -0.2) is 0 Å². The van der Waals surface area contributed by atoms with Gasteiger partial charge >= 0.3 is 0 Å². The number of hydrogen-bond donors (Lipinski definition) is 3. The topological polar surface area (TPSA) is 84.6 Å². The Kier molecular flexibility index (Phi) is 7.11. The number of nitrogens with one attached hydrogen (secondary N) is 1. The Labute approximate surface area is 181 Å². The van der Waals surface area contributed by atoms with Gasteiger partial charge in [-0.2, -0.15) is 0 Å². The number of benzene rings is 3. The third-order valence-electron chi connectivity index (χ3n) is 4.76. The highest BCUT2D eigenvalue weighted by Gasteiger charge is 2.27. The molecule has 0 heterocycles. The Morgan fingerprint density at radius 2 is 1.73 bits per heavy atom. The fourth-order valence-corrected chi connectivity index (χ4v) is 3.06. The van der Waals surface area contributed by atoms with Crippen molar-refractivity contribution in [1.82, 2.24) is 0 Å². The molecule has 1 unspecified atom stereocenters. The predicted molar refractivity (Wildman–Crippen MR) is 121 cm³/mol. The highest BCUT2D eigenvalue weighted by atomic mass is 35.5. The van der Waals surface area contributed by atoms with E-state index in [4.69, 9.17) is 27.2 Å². The maximum atomic E-state index is 12.0. The van der Waals surface area contributed by atoms with Gasteiger partial charge in [0.2, 0.25) is 5.91 Å². The maximum Gasteiger partial charge on any atom is 0.246 e. The van der Waals surface area contributed by atoms with Crippen molar-refractivity contribution in [3.05, 3.63) is 83.4 Å². The van der Waals surface area contributed by atoms with Crippen LogP contribution < -0.4 is 15.8 Å². The van der Waals surface area contributed by atoms with Crippen LogP contribution in [0.25, 0.3) is 11.1 Å². The Bertz CT molecular complexity index is 986. The van der Waals surface area contributed by atoms with E-state index in [1.54, 1.807) is 24.3 Å². The maximum absolute atomic E-state index is 12.0. The van der Waals surface area contributed by atoms with Crippen molar-refractivity contribution < 1.29 is 14.6 Å². The molecule has 30 heavy (non-hydrogen) atoms. The average molecular weight is 425 g/mol. The summed E-state index contributed by atoms with van der Waals surface area (Å²) < 4.78 is 5.79. The molecule has 0 radical (unpaired) electrons. The first-order valence-electron chi connectivity index (χ1n) is 9.67. The molecule has 0 aliphatic carbocycles. The molecule has 3 aromatic rings. The number of hydrogen-bond acceptors (Lipinski definition) is 4. The number of aliphatic hydroxyl groups excluding tert-OH is 1. The van der Waals surface area contributed by atoms with Crippen LogP contribution in [-0.2, 0) is 11.2 Å². The summed E-state index contributed by atoms with van der Waals surface area (Å²) in [6.07, 6.45) is 0.767. The normalized spacial score (nSPS) is 12.8. The van der Waals surface area contributed by atoms with E-state index in [1.165, 1.54) is 12.5 Å². The monoisotopic (exact) mass is 424 g/mol. The standard InChI is InChI=1S/C24H25ClN2O3/c1-24(26,16-28)23(29)27-19-10-12-20(13-11-19)30-15-14-17-6-8-18(9-7-17)21-4-2-3-5-22(21)25/h2-13,28H,14-16,26H2,1H3,(H,27,29). The number of anilines is 1. The first-order chi connectivity index (χ1) is 14.4. The fraction of sp³-hybridized carbons (Fsp3) is 0.208. The Morgan fingerprint density at radius 3 is 2.37 bits per heavy atom. The zero-order chi connectivity index (χ0) is 21.6. The Balaban J connectivity index is 1.51. The summed E-state index contributed by atoms with van der Waals surface area (Å²) in [6, 6.07) is 23.1. The van der Waals surface area contributed by atoms with E-state index >= 15 is 0 Å². The minimum Gasteiger partial charge on any atom is -0.493 e. The van der Waals surface area contributed by atoms with Gasteiger partial charge in [-0.05, 0) is 48.4 Å². The van der Waals surface area contributed by atoms with Crippen LogP contribution in [0.2, 0.25) is 5.02 Å². The summed E-state index contributed by atoms with van der Waals surface area (Å²) in [5.74, 6) is 0.261. The van der Waals surface area contributed by atoms with Gasteiger partial charge < -0.3 is 20.9 Å². The quantitative estimate of drug-likeness (QED) is 0.504. The van der Waals surface area contributed by atoms with Gasteiger partial charge in [-0.15, -0.1) is 0 Å². The lowest BCUT2D eigenvalue weighted by Crippen LogP contribution is -2.51. The molecule has 3 rings (SSSR count). The van der Waals surface area contributed by atoms with Crippen LogP contribution >= 0.6 is 11.6 Å². The third-order valence-corrected chi connectivity index (χ3v) is 5.09. The molecule has 0 saturated heterocycles. The lowest BCUT2D eigenvalue weighted by Gasteiger charge is -2.20. The van der Waals surface area contributed by atoms with E-state index in [2.05, 4.69) is 29.6 Å². The zero-order valence-electron chi connectivity index (χ0n) is 16.8. The molecule has 0 saturated carbocycles. The summed E-state index contributed by atoms with van der Waals surface area (Å²) in [5.41, 5.74) is 8.25. The van der Waals surface area contributed by atoms with Gasteiger partial charge in [-0.1, -0.05) is 54.1 Å². The average Bonchev–Trinajstić information content (AvgIpc) is 2.76. The summed E-state index contributed by atoms with van der Waals surface area (Å²) in [5, 5.41) is 12.6. The van der Waals surface area contributed by atoms with Crippen molar-refractivity contribution in [3.63, 3.8) is 0 Å². The highest BCUT2D eigenvalue weighted by molar-refractivity contribution is 6.33. The molecule has 0 aliphatic rings. The molecule has 0 aliphatic heterocycles. The number of amides is 1. The summed E-state index contributed by atoms with van der Waals surface area (Å²) >= 11 is 6.26. The second kappa shape index (κ2) is 9.76. The molecule has 0 spiro atoms. The van der Waals surface area contributed by atoms with Crippen LogP contribution in [-0.4, -0.2) is 29.8 Å². The van der Waals surface area contributed by atoms with Crippen LogP contribution in [0.4, 0.5) is 5.69 Å². The van der Waals surface area contributed by atoms with Crippen molar-refractivity contribution in [1.29, 1.82) is 0 Å². The van der Waals surface area contributed by atoms with E-state index in [0.29, 0.717) is 18.0 Å². The third kappa shape index (κ3) is 5.60. The van der Waals surface area contributed by atoms with Gasteiger partial charge in [0, 0.05) is 22.7 Å². The summed E-state index contributed by atoms with van der Waals surface area (Å²) in [4.78, 5) is 12.0. The second-order valence-corrected chi connectivity index (χ2v) is 7.74. The number of nitrogens with two attached hydrogens (primary N) is 1.